The molecule has 0 aromatic heterocycles. The van der Waals surface area contributed by atoms with Gasteiger partial charge in [-0.25, -0.2) is 4.79 Å². The lowest BCUT2D eigenvalue weighted by atomic mass is 9.77. The van der Waals surface area contributed by atoms with Crippen LogP contribution in [-0.4, -0.2) is 18.7 Å². The van der Waals surface area contributed by atoms with E-state index >= 15 is 0 Å². The molecule has 194 valence electrons. The highest BCUT2D eigenvalue weighted by Gasteiger charge is 2.29. The molecule has 37 heavy (non-hydrogen) atoms. The summed E-state index contributed by atoms with van der Waals surface area (Å²) < 4.78 is 6.20. The average molecular weight is 497 g/mol. The molecule has 3 aromatic carbocycles. The van der Waals surface area contributed by atoms with Crippen molar-refractivity contribution in [3.63, 3.8) is 0 Å². The van der Waals surface area contributed by atoms with Crippen LogP contribution in [0.25, 0.3) is 11.1 Å². The van der Waals surface area contributed by atoms with Crippen LogP contribution in [0.2, 0.25) is 0 Å². The van der Waals surface area contributed by atoms with E-state index in [9.17, 15) is 4.79 Å². The summed E-state index contributed by atoms with van der Waals surface area (Å²) in [4.78, 5) is 15.2. The second kappa shape index (κ2) is 11.0. The van der Waals surface area contributed by atoms with Crippen molar-refractivity contribution in [3.05, 3.63) is 77.9 Å². The molecule has 1 heterocycles. The number of carbonyl (C=O) groups is 1. The Morgan fingerprint density at radius 3 is 2.38 bits per heavy atom. The monoisotopic (exact) mass is 496 g/mol. The molecular weight excluding hydrogens is 456 g/mol. The van der Waals surface area contributed by atoms with Crippen LogP contribution in [0.15, 0.2) is 66.7 Å². The van der Waals surface area contributed by atoms with Crippen LogP contribution in [0, 0.1) is 5.92 Å². The Hall–Kier alpha value is -3.27. The number of hydrogen-bond donors (Lipinski definition) is 1. The van der Waals surface area contributed by atoms with Gasteiger partial charge in [0.2, 0.25) is 0 Å². The van der Waals surface area contributed by atoms with Crippen molar-refractivity contribution in [1.82, 2.24) is 0 Å². The van der Waals surface area contributed by atoms with E-state index in [1.807, 2.05) is 31.2 Å². The lowest BCUT2D eigenvalue weighted by molar-refractivity contribution is 0.209. The number of para-hydroxylation sites is 1. The van der Waals surface area contributed by atoms with Crippen LogP contribution in [0.3, 0.4) is 0 Å². The summed E-state index contributed by atoms with van der Waals surface area (Å²) in [6, 6.07) is 23.2. The van der Waals surface area contributed by atoms with Crippen LogP contribution < -0.4 is 15.0 Å². The summed E-state index contributed by atoms with van der Waals surface area (Å²) in [7, 11) is 0. The van der Waals surface area contributed by atoms with Crippen LogP contribution in [-0.2, 0) is 0 Å². The molecule has 4 heteroatoms. The predicted molar refractivity (Wildman–Crippen MR) is 154 cm³/mol. The van der Waals surface area contributed by atoms with E-state index in [-0.39, 0.29) is 12.1 Å². The van der Waals surface area contributed by atoms with Gasteiger partial charge in [-0.3, -0.25) is 4.90 Å². The molecule has 1 atom stereocenters. The van der Waals surface area contributed by atoms with Crippen molar-refractivity contribution in [2.24, 2.45) is 5.92 Å². The second-order valence-corrected chi connectivity index (χ2v) is 11.1. The number of anilines is 2. The fraction of sp³-hybridized carbons (Fsp3) is 0.424. The first-order valence-corrected chi connectivity index (χ1v) is 14.0. The van der Waals surface area contributed by atoms with Gasteiger partial charge in [-0.15, -0.1) is 0 Å². The van der Waals surface area contributed by atoms with Gasteiger partial charge in [-0.05, 0) is 90.8 Å². The Balaban J connectivity index is 1.34. The molecule has 1 fully saturated rings. The van der Waals surface area contributed by atoms with Crippen molar-refractivity contribution in [2.75, 3.05) is 16.8 Å². The van der Waals surface area contributed by atoms with Crippen molar-refractivity contribution in [2.45, 2.75) is 77.7 Å². The first kappa shape index (κ1) is 25.4. The lowest BCUT2D eigenvalue weighted by Gasteiger charge is -2.34. The van der Waals surface area contributed by atoms with Gasteiger partial charge in [-0.1, -0.05) is 75.7 Å². The number of rotatable bonds is 5. The first-order chi connectivity index (χ1) is 17.9. The third kappa shape index (κ3) is 5.53. The summed E-state index contributed by atoms with van der Waals surface area (Å²) >= 11 is 0. The van der Waals surface area contributed by atoms with Gasteiger partial charge >= 0.3 is 6.03 Å². The number of nitrogens with one attached hydrogen (secondary N) is 1. The molecule has 1 saturated carbocycles. The number of hydrogen-bond acceptors (Lipinski definition) is 2. The van der Waals surface area contributed by atoms with Gasteiger partial charge in [0.05, 0.1) is 12.2 Å². The average Bonchev–Trinajstić information content (AvgIpc) is 2.92. The highest BCUT2D eigenvalue weighted by molar-refractivity contribution is 6.03. The van der Waals surface area contributed by atoms with E-state index in [1.165, 1.54) is 43.2 Å². The highest BCUT2D eigenvalue weighted by atomic mass is 16.5. The van der Waals surface area contributed by atoms with E-state index in [1.54, 1.807) is 4.90 Å². The lowest BCUT2D eigenvalue weighted by Crippen LogP contribution is -2.44. The van der Waals surface area contributed by atoms with E-state index in [2.05, 4.69) is 68.6 Å². The number of amides is 2. The number of nitrogens with zero attached hydrogens (tertiary/aromatic N) is 1. The van der Waals surface area contributed by atoms with Crippen LogP contribution >= 0.6 is 0 Å². The minimum Gasteiger partial charge on any atom is -0.487 e. The van der Waals surface area contributed by atoms with Crippen molar-refractivity contribution < 1.29 is 9.53 Å². The van der Waals surface area contributed by atoms with Crippen molar-refractivity contribution in [1.29, 1.82) is 0 Å². The largest absolute Gasteiger partial charge is 0.487 e. The van der Waals surface area contributed by atoms with Crippen LogP contribution in [0.4, 0.5) is 16.2 Å². The first-order valence-electron chi connectivity index (χ1n) is 14.0. The zero-order chi connectivity index (χ0) is 25.9. The molecule has 0 radical (unpaired) electrons. The summed E-state index contributed by atoms with van der Waals surface area (Å²) in [5, 5.41) is 3.14. The molecule has 4 nitrogen and oxygen atoms in total. The SMILES string of the molecule is CCC1CCC(c2ccc(-c3ccc4c(c3)OC(C)CN4C(=O)Nc3ccccc3C(C)C)cc2)CC1. The molecule has 1 N–H and O–H groups in total. The number of ether oxygens (including phenoxy) is 1. The maximum atomic E-state index is 13.4. The molecule has 2 amide bonds. The number of benzene rings is 3. The number of carbonyl (C=O) groups excluding carboxylic acids is 1. The topological polar surface area (TPSA) is 41.6 Å². The Kier molecular flexibility index (Phi) is 7.55. The number of fused-ring (bicyclic) bond motifs is 1. The smallest absolute Gasteiger partial charge is 0.326 e. The summed E-state index contributed by atoms with van der Waals surface area (Å²) in [5.74, 6) is 2.69. The molecule has 1 unspecified atom stereocenters. The van der Waals surface area contributed by atoms with Gasteiger partial charge in [0.1, 0.15) is 11.9 Å². The molecule has 1 aliphatic heterocycles. The molecule has 0 saturated heterocycles. The van der Waals surface area contributed by atoms with Crippen molar-refractivity contribution in [3.8, 4) is 16.9 Å². The van der Waals surface area contributed by atoms with Gasteiger partial charge in [-0.2, -0.15) is 0 Å². The van der Waals surface area contributed by atoms with Crippen LogP contribution in [0.5, 0.6) is 5.75 Å². The third-order valence-corrected chi connectivity index (χ3v) is 8.23. The third-order valence-electron chi connectivity index (χ3n) is 8.23. The minimum atomic E-state index is -0.126. The van der Waals surface area contributed by atoms with Crippen LogP contribution in [0.1, 0.15) is 82.8 Å². The highest BCUT2D eigenvalue weighted by Crippen LogP contribution is 2.40. The predicted octanol–water partition coefficient (Wildman–Crippen LogP) is 8.98. The Morgan fingerprint density at radius 1 is 0.973 bits per heavy atom. The van der Waals surface area contributed by atoms with Gasteiger partial charge in [0, 0.05) is 5.69 Å². The second-order valence-electron chi connectivity index (χ2n) is 11.1. The molecule has 2 aliphatic rings. The quantitative estimate of drug-likeness (QED) is 0.383. The van der Waals surface area contributed by atoms with E-state index in [4.69, 9.17) is 4.74 Å². The standard InChI is InChI=1S/C33H40N2O2/c1-5-24-10-12-25(13-11-24)26-14-16-27(17-15-26)28-18-19-31-32(20-28)37-23(4)21-35(31)33(36)34-30-9-7-6-8-29(30)22(2)3/h6-9,14-20,22-25H,5,10-13,21H2,1-4H3,(H,34,36). The van der Waals surface area contributed by atoms with E-state index in [0.29, 0.717) is 18.4 Å². The van der Waals surface area contributed by atoms with Gasteiger partial charge in [0.15, 0.2) is 0 Å². The Labute approximate surface area is 222 Å². The molecular formula is C33H40N2O2. The normalized spacial score (nSPS) is 21.3. The number of urea groups is 1. The molecule has 1 aliphatic carbocycles. The van der Waals surface area contributed by atoms with E-state index in [0.717, 1.165) is 34.2 Å². The zero-order valence-corrected chi connectivity index (χ0v) is 22.7. The fourth-order valence-corrected chi connectivity index (χ4v) is 5.96. The summed E-state index contributed by atoms with van der Waals surface area (Å²) in [5.41, 5.74) is 6.56. The summed E-state index contributed by atoms with van der Waals surface area (Å²) in [6.07, 6.45) is 6.56. The minimum absolute atomic E-state index is 0.0885. The molecule has 5 rings (SSSR count). The van der Waals surface area contributed by atoms with Crippen molar-refractivity contribution >= 4 is 17.4 Å². The maximum absolute atomic E-state index is 13.4. The van der Waals surface area contributed by atoms with E-state index < -0.39 is 0 Å². The fourth-order valence-electron chi connectivity index (χ4n) is 5.96. The zero-order valence-electron chi connectivity index (χ0n) is 22.7. The molecule has 0 spiro atoms. The van der Waals surface area contributed by atoms with Gasteiger partial charge in [0.25, 0.3) is 0 Å². The van der Waals surface area contributed by atoms with Gasteiger partial charge < -0.3 is 10.1 Å². The maximum Gasteiger partial charge on any atom is 0.326 e. The molecule has 0 bridgehead atoms. The Bertz CT molecular complexity index is 1230. The molecule has 3 aromatic rings. The Morgan fingerprint density at radius 2 is 1.68 bits per heavy atom. The summed E-state index contributed by atoms with van der Waals surface area (Å²) in [6.45, 7) is 9.13.